The molecule has 1 spiro atoms. The lowest BCUT2D eigenvalue weighted by atomic mass is 9.57. The minimum atomic E-state index is -0.102. The maximum Gasteiger partial charge on any atom is 0.201 e. The van der Waals surface area contributed by atoms with Crippen LogP contribution < -0.4 is 5.48 Å². The number of aromatic nitrogens is 3. The molecule has 1 aromatic carbocycles. The van der Waals surface area contributed by atoms with Crippen LogP contribution in [0.15, 0.2) is 41.2 Å². The fraction of sp³-hybridized carbons (Fsp3) is 0.545. The molecule has 2 heterocycles. The van der Waals surface area contributed by atoms with E-state index in [4.69, 9.17) is 5.21 Å². The van der Waals surface area contributed by atoms with Gasteiger partial charge in [-0.25, -0.2) is 0 Å². The molecule has 162 valence electrons. The average Bonchev–Trinajstić information content (AvgIpc) is 3.35. The topological polar surface area (TPSA) is 86.4 Å². The number of hydroxylamine groups is 1. The van der Waals surface area contributed by atoms with E-state index in [0.717, 1.165) is 29.8 Å². The van der Waals surface area contributed by atoms with Crippen molar-refractivity contribution in [1.29, 1.82) is 0 Å². The van der Waals surface area contributed by atoms with Gasteiger partial charge in [0.2, 0.25) is 5.82 Å². The second-order valence-corrected chi connectivity index (χ2v) is 9.61. The Hall–Kier alpha value is -2.03. The highest BCUT2D eigenvalue weighted by Gasteiger charge is 2.50. The van der Waals surface area contributed by atoms with Crippen LogP contribution >= 0.6 is 11.8 Å². The van der Waals surface area contributed by atoms with Crippen LogP contribution in [-0.2, 0) is 7.05 Å². The number of likely N-dealkylation sites (tertiary alicyclic amines) is 1. The van der Waals surface area contributed by atoms with Gasteiger partial charge in [-0.15, -0.1) is 10.2 Å². The van der Waals surface area contributed by atoms with Crippen molar-refractivity contribution in [2.75, 3.05) is 25.4 Å². The number of allylic oxidation sites excluding steroid dienone is 1. The molecule has 1 unspecified atom stereocenters. The largest absolute Gasteiger partial charge is 0.503 e. The third-order valence-electron chi connectivity index (χ3n) is 6.76. The van der Waals surface area contributed by atoms with E-state index >= 15 is 0 Å². The van der Waals surface area contributed by atoms with Gasteiger partial charge in [0, 0.05) is 19.3 Å². The van der Waals surface area contributed by atoms with Crippen LogP contribution in [0.1, 0.15) is 49.9 Å². The first-order chi connectivity index (χ1) is 14.5. The zero-order valence-electron chi connectivity index (χ0n) is 17.7. The van der Waals surface area contributed by atoms with Crippen LogP contribution in [0.5, 0.6) is 0 Å². The Morgan fingerprint density at radius 2 is 2.07 bits per heavy atom. The minimum Gasteiger partial charge on any atom is -0.503 e. The van der Waals surface area contributed by atoms with Crippen LogP contribution in [0.4, 0.5) is 0 Å². The Morgan fingerprint density at radius 1 is 1.27 bits per heavy atom. The molecule has 0 bridgehead atoms. The molecule has 7 nitrogen and oxygen atoms in total. The van der Waals surface area contributed by atoms with Crippen molar-refractivity contribution in [3.05, 3.63) is 47.4 Å². The van der Waals surface area contributed by atoms with Gasteiger partial charge < -0.3 is 14.6 Å². The molecule has 0 amide bonds. The van der Waals surface area contributed by atoms with Crippen LogP contribution in [0, 0.1) is 5.41 Å². The summed E-state index contributed by atoms with van der Waals surface area (Å²) in [6, 6.07) is 11.0. The van der Waals surface area contributed by atoms with E-state index in [1.165, 1.54) is 37.9 Å². The molecule has 4 rings (SSSR count). The molecule has 2 aromatic rings. The molecular weight excluding hydrogens is 398 g/mol. The van der Waals surface area contributed by atoms with Crippen molar-refractivity contribution < 1.29 is 10.3 Å². The second-order valence-electron chi connectivity index (χ2n) is 8.54. The summed E-state index contributed by atoms with van der Waals surface area (Å²) in [4.78, 5) is 2.63. The number of hydrogen-bond donors (Lipinski definition) is 3. The number of benzene rings is 1. The first kappa shape index (κ1) is 21.2. The lowest BCUT2D eigenvalue weighted by Crippen LogP contribution is -2.41. The van der Waals surface area contributed by atoms with E-state index in [-0.39, 0.29) is 11.5 Å². The standard InChI is InChI=1S/C22H31N5O2S/c1-16(25-29)19(28)20-23-24-21(26(20)2)30-14-6-12-27-13-11-22(15-27)10-9-18(22)17-7-4-3-5-8-17/h3-5,7-8,18,25,28-29H,6,9-15H2,1-2H3/b19-16-/t18-,22?/m0/s1. The molecule has 2 fully saturated rings. The molecule has 1 aliphatic carbocycles. The monoisotopic (exact) mass is 429 g/mol. The van der Waals surface area contributed by atoms with E-state index in [9.17, 15) is 5.11 Å². The lowest BCUT2D eigenvalue weighted by molar-refractivity contribution is 0.0973. The predicted octanol–water partition coefficient (Wildman–Crippen LogP) is 3.79. The molecule has 2 atom stereocenters. The fourth-order valence-corrected chi connectivity index (χ4v) is 5.72. The van der Waals surface area contributed by atoms with Gasteiger partial charge in [0.1, 0.15) is 0 Å². The number of hydrogen-bond acceptors (Lipinski definition) is 7. The van der Waals surface area contributed by atoms with E-state index in [1.54, 1.807) is 23.3 Å². The minimum absolute atomic E-state index is 0.102. The normalized spacial score (nSPS) is 24.7. The van der Waals surface area contributed by atoms with Crippen molar-refractivity contribution >= 4 is 17.5 Å². The van der Waals surface area contributed by atoms with E-state index in [0.29, 0.717) is 11.2 Å². The van der Waals surface area contributed by atoms with Gasteiger partial charge in [-0.05, 0) is 62.6 Å². The second kappa shape index (κ2) is 8.99. The average molecular weight is 430 g/mol. The van der Waals surface area contributed by atoms with Crippen molar-refractivity contribution in [3.8, 4) is 0 Å². The number of aliphatic hydroxyl groups is 1. The first-order valence-electron chi connectivity index (χ1n) is 10.6. The molecule has 8 heteroatoms. The van der Waals surface area contributed by atoms with Gasteiger partial charge in [0.25, 0.3) is 0 Å². The zero-order chi connectivity index (χ0) is 21.1. The maximum atomic E-state index is 10.1. The Bertz CT molecular complexity index is 900. The summed E-state index contributed by atoms with van der Waals surface area (Å²) in [7, 11) is 1.82. The van der Waals surface area contributed by atoms with Crippen LogP contribution in [0.3, 0.4) is 0 Å². The summed E-state index contributed by atoms with van der Waals surface area (Å²) in [6.07, 6.45) is 5.10. The van der Waals surface area contributed by atoms with Gasteiger partial charge in [-0.3, -0.25) is 10.7 Å². The molecule has 1 aromatic heterocycles. The maximum absolute atomic E-state index is 10.1. The molecule has 3 N–H and O–H groups in total. The predicted molar refractivity (Wildman–Crippen MR) is 118 cm³/mol. The molecular formula is C22H31N5O2S. The third-order valence-corrected chi connectivity index (χ3v) is 7.86. The summed E-state index contributed by atoms with van der Waals surface area (Å²) >= 11 is 1.65. The van der Waals surface area contributed by atoms with Gasteiger partial charge in [-0.2, -0.15) is 0 Å². The molecule has 0 radical (unpaired) electrons. The number of rotatable bonds is 8. The Morgan fingerprint density at radius 3 is 2.77 bits per heavy atom. The van der Waals surface area contributed by atoms with Gasteiger partial charge >= 0.3 is 0 Å². The highest BCUT2D eigenvalue weighted by molar-refractivity contribution is 7.99. The number of nitrogens with one attached hydrogen (secondary N) is 1. The number of aliphatic hydroxyl groups excluding tert-OH is 1. The summed E-state index contributed by atoms with van der Waals surface area (Å²) in [5.41, 5.74) is 4.21. The lowest BCUT2D eigenvalue weighted by Gasteiger charge is -2.48. The molecule has 1 aliphatic heterocycles. The summed E-state index contributed by atoms with van der Waals surface area (Å²) in [5, 5.41) is 28.0. The van der Waals surface area contributed by atoms with E-state index in [1.807, 2.05) is 12.5 Å². The summed E-state index contributed by atoms with van der Waals surface area (Å²) < 4.78 is 1.75. The van der Waals surface area contributed by atoms with Gasteiger partial charge in [0.05, 0.1) is 5.70 Å². The van der Waals surface area contributed by atoms with Crippen molar-refractivity contribution in [2.24, 2.45) is 12.5 Å². The van der Waals surface area contributed by atoms with Gasteiger partial charge in [-0.1, -0.05) is 42.1 Å². The Kier molecular flexibility index (Phi) is 6.36. The molecule has 1 saturated carbocycles. The Balaban J connectivity index is 1.25. The van der Waals surface area contributed by atoms with Crippen LogP contribution in [0.25, 0.3) is 5.76 Å². The van der Waals surface area contributed by atoms with Crippen molar-refractivity contribution in [2.45, 2.75) is 43.7 Å². The van der Waals surface area contributed by atoms with Gasteiger partial charge in [0.15, 0.2) is 10.9 Å². The molecule has 2 aliphatic rings. The summed E-state index contributed by atoms with van der Waals surface area (Å²) in [6.45, 7) is 5.11. The van der Waals surface area contributed by atoms with Crippen LogP contribution in [-0.4, -0.2) is 55.4 Å². The van der Waals surface area contributed by atoms with Crippen molar-refractivity contribution in [3.63, 3.8) is 0 Å². The van der Waals surface area contributed by atoms with Crippen LogP contribution in [0.2, 0.25) is 0 Å². The highest BCUT2D eigenvalue weighted by Crippen LogP contribution is 2.57. The zero-order valence-corrected chi connectivity index (χ0v) is 18.5. The molecule has 30 heavy (non-hydrogen) atoms. The quantitative estimate of drug-likeness (QED) is 0.255. The van der Waals surface area contributed by atoms with E-state index < -0.39 is 0 Å². The smallest absolute Gasteiger partial charge is 0.201 e. The first-order valence-corrected chi connectivity index (χ1v) is 11.6. The SMILES string of the molecule is C/C(NO)=C(/O)c1nnc(SCCCN2CCC3(CC[C@H]3c3ccccc3)C2)n1C. The van der Waals surface area contributed by atoms with E-state index in [2.05, 4.69) is 45.4 Å². The highest BCUT2D eigenvalue weighted by atomic mass is 32.2. The summed E-state index contributed by atoms with van der Waals surface area (Å²) in [5.74, 6) is 1.93. The van der Waals surface area contributed by atoms with Crippen molar-refractivity contribution in [1.82, 2.24) is 25.1 Å². The Labute approximate surface area is 182 Å². The number of thioether (sulfide) groups is 1. The third kappa shape index (κ3) is 4.08. The number of nitrogens with zero attached hydrogens (tertiary/aromatic N) is 4. The molecule has 1 saturated heterocycles. The fourth-order valence-electron chi connectivity index (χ4n) is 4.89.